The minimum Gasteiger partial charge on any atom is -0.449 e. The van der Waals surface area contributed by atoms with Gasteiger partial charge in [-0.3, -0.25) is 0 Å². The normalized spacial score (nSPS) is 25.2. The Morgan fingerprint density at radius 2 is 2.18 bits per heavy atom. The number of furan rings is 1. The summed E-state index contributed by atoms with van der Waals surface area (Å²) in [6.45, 7) is 0.573. The topological polar surface area (TPSA) is 69.2 Å². The lowest BCUT2D eigenvalue weighted by molar-refractivity contribution is 0.118. The summed E-state index contributed by atoms with van der Waals surface area (Å²) < 4.78 is 5.29. The molecule has 0 aliphatic heterocycles. The predicted molar refractivity (Wildman–Crippen MR) is 63.1 cm³/mol. The smallest absolute Gasteiger partial charge is 0.203 e. The largest absolute Gasteiger partial charge is 0.449 e. The molecule has 1 fully saturated rings. The summed E-state index contributed by atoms with van der Waals surface area (Å²) >= 11 is 0. The molecule has 2 atom stereocenters. The number of hydrogen-bond donors (Lipinski definition) is 2. The van der Waals surface area contributed by atoms with Crippen LogP contribution in [0.3, 0.4) is 0 Å². The standard InChI is InChI=1S/C13H18N2O2/c14-8-10-6-7-11(17-10)9-15-12-4-2-1-3-5-13(12)16/h6-7,12-13,15-16H,1-5,9H2. The van der Waals surface area contributed by atoms with Crippen molar-refractivity contribution >= 4 is 0 Å². The van der Waals surface area contributed by atoms with Crippen LogP contribution in [-0.4, -0.2) is 17.3 Å². The van der Waals surface area contributed by atoms with Crippen LogP contribution < -0.4 is 5.32 Å². The highest BCUT2D eigenvalue weighted by Crippen LogP contribution is 2.18. The van der Waals surface area contributed by atoms with Gasteiger partial charge in [-0.05, 0) is 25.0 Å². The molecule has 1 aliphatic rings. The van der Waals surface area contributed by atoms with E-state index in [-0.39, 0.29) is 12.1 Å². The van der Waals surface area contributed by atoms with Gasteiger partial charge in [-0.2, -0.15) is 5.26 Å². The third-order valence-corrected chi connectivity index (χ3v) is 3.29. The van der Waals surface area contributed by atoms with Crippen molar-refractivity contribution in [3.05, 3.63) is 23.7 Å². The lowest BCUT2D eigenvalue weighted by atomic mass is 10.1. The Hall–Kier alpha value is -1.31. The maximum Gasteiger partial charge on any atom is 0.203 e. The number of nitriles is 1. The molecule has 0 amide bonds. The van der Waals surface area contributed by atoms with E-state index in [4.69, 9.17) is 9.68 Å². The average Bonchev–Trinajstić information content (AvgIpc) is 2.70. The van der Waals surface area contributed by atoms with Crippen molar-refractivity contribution in [2.45, 2.75) is 50.8 Å². The summed E-state index contributed by atoms with van der Waals surface area (Å²) in [5.41, 5.74) is 0. The highest BCUT2D eigenvalue weighted by molar-refractivity contribution is 5.19. The van der Waals surface area contributed by atoms with E-state index in [9.17, 15) is 5.11 Å². The van der Waals surface area contributed by atoms with Gasteiger partial charge in [-0.25, -0.2) is 0 Å². The molecule has 4 heteroatoms. The molecule has 17 heavy (non-hydrogen) atoms. The van der Waals surface area contributed by atoms with Crippen molar-refractivity contribution in [3.63, 3.8) is 0 Å². The quantitative estimate of drug-likeness (QED) is 0.784. The van der Waals surface area contributed by atoms with E-state index in [1.54, 1.807) is 12.1 Å². The molecule has 2 rings (SSSR count). The van der Waals surface area contributed by atoms with Gasteiger partial charge < -0.3 is 14.8 Å². The molecule has 1 saturated carbocycles. The Balaban J connectivity index is 1.86. The molecule has 2 unspecified atom stereocenters. The summed E-state index contributed by atoms with van der Waals surface area (Å²) in [7, 11) is 0. The maximum atomic E-state index is 9.93. The molecule has 2 N–H and O–H groups in total. The first-order valence-corrected chi connectivity index (χ1v) is 6.20. The van der Waals surface area contributed by atoms with Gasteiger partial charge in [0, 0.05) is 6.04 Å². The minimum absolute atomic E-state index is 0.146. The summed E-state index contributed by atoms with van der Waals surface area (Å²) in [5, 5.41) is 21.9. The Kier molecular flexibility index (Phi) is 4.18. The second-order valence-corrected chi connectivity index (χ2v) is 4.57. The van der Waals surface area contributed by atoms with Crippen LogP contribution in [0.4, 0.5) is 0 Å². The summed E-state index contributed by atoms with van der Waals surface area (Å²) in [6.07, 6.45) is 5.10. The molecular weight excluding hydrogens is 216 g/mol. The second-order valence-electron chi connectivity index (χ2n) is 4.57. The SMILES string of the molecule is N#Cc1ccc(CNC2CCCCCC2O)o1. The zero-order chi connectivity index (χ0) is 12.1. The molecule has 0 radical (unpaired) electrons. The molecule has 1 heterocycles. The van der Waals surface area contributed by atoms with E-state index in [0.29, 0.717) is 12.3 Å². The third kappa shape index (κ3) is 3.32. The van der Waals surface area contributed by atoms with Crippen molar-refractivity contribution < 1.29 is 9.52 Å². The van der Waals surface area contributed by atoms with Gasteiger partial charge in [0.05, 0.1) is 12.6 Å². The Labute approximate surface area is 101 Å². The van der Waals surface area contributed by atoms with Crippen LogP contribution in [0.5, 0.6) is 0 Å². The first kappa shape index (κ1) is 12.2. The molecule has 4 nitrogen and oxygen atoms in total. The van der Waals surface area contributed by atoms with Crippen LogP contribution in [0.1, 0.15) is 43.6 Å². The summed E-state index contributed by atoms with van der Waals surface area (Å²) in [5.74, 6) is 1.08. The van der Waals surface area contributed by atoms with Crippen molar-refractivity contribution in [2.24, 2.45) is 0 Å². The summed E-state index contributed by atoms with van der Waals surface area (Å²) in [6, 6.07) is 5.57. The van der Waals surface area contributed by atoms with E-state index >= 15 is 0 Å². The highest BCUT2D eigenvalue weighted by atomic mass is 16.3. The number of nitrogens with one attached hydrogen (secondary N) is 1. The Bertz CT molecular complexity index is 394. The van der Waals surface area contributed by atoms with Crippen LogP contribution in [-0.2, 0) is 6.54 Å². The number of hydrogen-bond acceptors (Lipinski definition) is 4. The van der Waals surface area contributed by atoms with Gasteiger partial charge in [0.2, 0.25) is 5.76 Å². The van der Waals surface area contributed by atoms with Crippen molar-refractivity contribution in [2.75, 3.05) is 0 Å². The van der Waals surface area contributed by atoms with Crippen LogP contribution in [0, 0.1) is 11.3 Å². The number of aliphatic hydroxyl groups is 1. The molecular formula is C13H18N2O2. The molecule has 0 aromatic carbocycles. The van der Waals surface area contributed by atoms with Crippen LogP contribution >= 0.6 is 0 Å². The van der Waals surface area contributed by atoms with Crippen molar-refractivity contribution in [1.29, 1.82) is 5.26 Å². The predicted octanol–water partition coefficient (Wildman–Crippen LogP) is 1.93. The lowest BCUT2D eigenvalue weighted by Crippen LogP contribution is -2.38. The van der Waals surface area contributed by atoms with E-state index in [1.807, 2.05) is 6.07 Å². The van der Waals surface area contributed by atoms with Gasteiger partial charge in [0.15, 0.2) is 0 Å². The number of aliphatic hydroxyl groups excluding tert-OH is 1. The van der Waals surface area contributed by atoms with Crippen molar-refractivity contribution in [3.8, 4) is 6.07 Å². The fraction of sp³-hybridized carbons (Fsp3) is 0.615. The number of nitrogens with zero attached hydrogens (tertiary/aromatic N) is 1. The highest BCUT2D eigenvalue weighted by Gasteiger charge is 2.21. The average molecular weight is 234 g/mol. The minimum atomic E-state index is -0.261. The van der Waals surface area contributed by atoms with Gasteiger partial charge >= 0.3 is 0 Å². The van der Waals surface area contributed by atoms with Crippen molar-refractivity contribution in [1.82, 2.24) is 5.32 Å². The second kappa shape index (κ2) is 5.85. The Morgan fingerprint density at radius 3 is 2.94 bits per heavy atom. The van der Waals surface area contributed by atoms with Gasteiger partial charge in [0.1, 0.15) is 11.8 Å². The van der Waals surface area contributed by atoms with Gasteiger partial charge in [-0.1, -0.05) is 19.3 Å². The van der Waals surface area contributed by atoms with E-state index < -0.39 is 0 Å². The molecule has 0 bridgehead atoms. The molecule has 0 saturated heterocycles. The lowest BCUT2D eigenvalue weighted by Gasteiger charge is -2.21. The van der Waals surface area contributed by atoms with Gasteiger partial charge in [0.25, 0.3) is 0 Å². The fourth-order valence-electron chi connectivity index (χ4n) is 2.29. The van der Waals surface area contributed by atoms with Gasteiger partial charge in [-0.15, -0.1) is 0 Å². The summed E-state index contributed by atoms with van der Waals surface area (Å²) in [4.78, 5) is 0. The van der Waals surface area contributed by atoms with Crippen LogP contribution in [0.15, 0.2) is 16.5 Å². The monoisotopic (exact) mass is 234 g/mol. The van der Waals surface area contributed by atoms with Crippen LogP contribution in [0.25, 0.3) is 0 Å². The fourth-order valence-corrected chi connectivity index (χ4v) is 2.29. The third-order valence-electron chi connectivity index (χ3n) is 3.29. The maximum absolute atomic E-state index is 9.93. The molecule has 1 aromatic rings. The van der Waals surface area contributed by atoms with E-state index in [2.05, 4.69) is 5.32 Å². The Morgan fingerprint density at radius 1 is 1.35 bits per heavy atom. The molecule has 1 aromatic heterocycles. The van der Waals surface area contributed by atoms with E-state index in [0.717, 1.165) is 31.4 Å². The molecule has 0 spiro atoms. The zero-order valence-corrected chi connectivity index (χ0v) is 9.85. The van der Waals surface area contributed by atoms with Crippen LogP contribution in [0.2, 0.25) is 0 Å². The zero-order valence-electron chi connectivity index (χ0n) is 9.85. The first-order valence-electron chi connectivity index (χ1n) is 6.20. The molecule has 92 valence electrons. The molecule has 1 aliphatic carbocycles. The first-order chi connectivity index (χ1) is 8.29. The number of rotatable bonds is 3. The van der Waals surface area contributed by atoms with E-state index in [1.165, 1.54) is 6.42 Å².